The summed E-state index contributed by atoms with van der Waals surface area (Å²) >= 11 is 3.36. The predicted molar refractivity (Wildman–Crippen MR) is 123 cm³/mol. The van der Waals surface area contributed by atoms with Crippen LogP contribution in [0.5, 0.6) is 0 Å². The number of halogens is 1. The number of carbonyl (C=O) groups is 1. The van der Waals surface area contributed by atoms with E-state index in [1.54, 1.807) is 54.7 Å². The first-order valence-corrected chi connectivity index (χ1v) is 11.7. The van der Waals surface area contributed by atoms with Crippen molar-refractivity contribution in [2.24, 2.45) is 5.10 Å². The van der Waals surface area contributed by atoms with E-state index in [-0.39, 0.29) is 12.5 Å². The Morgan fingerprint density at radius 1 is 1.00 bits per heavy atom. The number of hydrogen-bond donors (Lipinski definition) is 1. The Kier molecular flexibility index (Phi) is 7.02. The minimum absolute atomic E-state index is 0.173. The molecular formula is C22H20BrN3O3S. The van der Waals surface area contributed by atoms with Crippen molar-refractivity contribution < 1.29 is 13.2 Å². The molecule has 0 bridgehead atoms. The standard InChI is InChI=1S/C22H20BrN3O3S/c1-30(28,29)26(21-5-3-2-4-6-21)16-18-7-11-19(12-8-18)22(27)25-24-15-17-9-13-20(23)14-10-17/h2-15H,16H2,1H3,(H,25,27). The van der Waals surface area contributed by atoms with E-state index in [0.29, 0.717) is 11.3 Å². The van der Waals surface area contributed by atoms with E-state index in [1.807, 2.05) is 30.3 Å². The molecule has 0 aliphatic rings. The molecule has 0 saturated carbocycles. The van der Waals surface area contributed by atoms with Crippen LogP contribution in [0.3, 0.4) is 0 Å². The third-order valence-electron chi connectivity index (χ3n) is 4.24. The molecule has 0 spiro atoms. The lowest BCUT2D eigenvalue weighted by Gasteiger charge is -2.22. The molecule has 0 unspecified atom stereocenters. The van der Waals surface area contributed by atoms with Crippen LogP contribution in [0.1, 0.15) is 21.5 Å². The normalized spacial score (nSPS) is 11.4. The van der Waals surface area contributed by atoms with E-state index >= 15 is 0 Å². The van der Waals surface area contributed by atoms with Crippen LogP contribution in [0, 0.1) is 0 Å². The minimum atomic E-state index is -3.45. The molecule has 30 heavy (non-hydrogen) atoms. The first-order chi connectivity index (χ1) is 14.3. The van der Waals surface area contributed by atoms with Gasteiger partial charge in [0.2, 0.25) is 10.0 Å². The molecule has 0 aromatic heterocycles. The van der Waals surface area contributed by atoms with Crippen molar-refractivity contribution in [2.75, 3.05) is 10.6 Å². The summed E-state index contributed by atoms with van der Waals surface area (Å²) in [6.45, 7) is 0.173. The SMILES string of the molecule is CS(=O)(=O)N(Cc1ccc(C(=O)NN=Cc2ccc(Br)cc2)cc1)c1ccccc1. The number of nitrogens with zero attached hydrogens (tertiary/aromatic N) is 2. The van der Waals surface area contributed by atoms with Crippen molar-refractivity contribution in [2.45, 2.75) is 6.54 Å². The molecule has 0 aliphatic heterocycles. The van der Waals surface area contributed by atoms with Gasteiger partial charge in [-0.15, -0.1) is 0 Å². The summed E-state index contributed by atoms with van der Waals surface area (Å²) in [6, 6.07) is 23.2. The van der Waals surface area contributed by atoms with Gasteiger partial charge in [0.1, 0.15) is 0 Å². The highest BCUT2D eigenvalue weighted by Gasteiger charge is 2.17. The van der Waals surface area contributed by atoms with E-state index < -0.39 is 10.0 Å². The molecule has 154 valence electrons. The van der Waals surface area contributed by atoms with Crippen LogP contribution in [0.2, 0.25) is 0 Å². The van der Waals surface area contributed by atoms with Gasteiger partial charge in [-0.3, -0.25) is 9.10 Å². The Morgan fingerprint density at radius 2 is 1.63 bits per heavy atom. The molecule has 1 amide bonds. The van der Waals surface area contributed by atoms with Gasteiger partial charge in [-0.1, -0.05) is 58.4 Å². The number of hydrogen-bond acceptors (Lipinski definition) is 4. The Labute approximate surface area is 184 Å². The van der Waals surface area contributed by atoms with Crippen molar-refractivity contribution in [1.82, 2.24) is 5.43 Å². The van der Waals surface area contributed by atoms with Crippen LogP contribution < -0.4 is 9.73 Å². The maximum absolute atomic E-state index is 12.3. The van der Waals surface area contributed by atoms with E-state index in [2.05, 4.69) is 26.5 Å². The number of rotatable bonds is 7. The van der Waals surface area contributed by atoms with Crippen LogP contribution >= 0.6 is 15.9 Å². The number of sulfonamides is 1. The second-order valence-corrected chi connectivity index (χ2v) is 9.38. The van der Waals surface area contributed by atoms with Crippen molar-refractivity contribution in [3.8, 4) is 0 Å². The van der Waals surface area contributed by atoms with Crippen molar-refractivity contribution >= 4 is 43.8 Å². The largest absolute Gasteiger partial charge is 0.271 e. The molecule has 6 nitrogen and oxygen atoms in total. The highest BCUT2D eigenvalue weighted by atomic mass is 79.9. The summed E-state index contributed by atoms with van der Waals surface area (Å²) in [7, 11) is -3.45. The molecule has 3 rings (SSSR count). The Morgan fingerprint density at radius 3 is 2.23 bits per heavy atom. The molecule has 0 aliphatic carbocycles. The van der Waals surface area contributed by atoms with Gasteiger partial charge < -0.3 is 0 Å². The van der Waals surface area contributed by atoms with Gasteiger partial charge in [0, 0.05) is 10.0 Å². The van der Waals surface area contributed by atoms with Crippen molar-refractivity contribution in [1.29, 1.82) is 0 Å². The fourth-order valence-corrected chi connectivity index (χ4v) is 3.85. The lowest BCUT2D eigenvalue weighted by Crippen LogP contribution is -2.29. The Bertz CT molecular complexity index is 1130. The van der Waals surface area contributed by atoms with E-state index in [1.165, 1.54) is 10.6 Å². The highest BCUT2D eigenvalue weighted by Crippen LogP contribution is 2.20. The van der Waals surface area contributed by atoms with Gasteiger partial charge in [0.25, 0.3) is 5.91 Å². The topological polar surface area (TPSA) is 78.8 Å². The first kappa shape index (κ1) is 21.7. The molecular weight excluding hydrogens is 466 g/mol. The maximum Gasteiger partial charge on any atom is 0.271 e. The fourth-order valence-electron chi connectivity index (χ4n) is 2.70. The molecule has 0 fully saturated rings. The first-order valence-electron chi connectivity index (χ1n) is 9.03. The van der Waals surface area contributed by atoms with Gasteiger partial charge in [-0.2, -0.15) is 5.10 Å². The van der Waals surface area contributed by atoms with Gasteiger partial charge in [-0.25, -0.2) is 13.8 Å². The molecule has 0 radical (unpaired) electrons. The Balaban J connectivity index is 1.66. The second-order valence-electron chi connectivity index (χ2n) is 6.55. The summed E-state index contributed by atoms with van der Waals surface area (Å²) < 4.78 is 26.7. The highest BCUT2D eigenvalue weighted by molar-refractivity contribution is 9.10. The molecule has 8 heteroatoms. The average molecular weight is 486 g/mol. The van der Waals surface area contributed by atoms with Crippen LogP contribution in [-0.4, -0.2) is 26.8 Å². The zero-order chi connectivity index (χ0) is 21.6. The quantitative estimate of drug-likeness (QED) is 0.402. The van der Waals surface area contributed by atoms with Crippen LogP contribution in [0.4, 0.5) is 5.69 Å². The molecule has 3 aromatic carbocycles. The number of anilines is 1. The number of amides is 1. The van der Waals surface area contributed by atoms with E-state index in [4.69, 9.17) is 0 Å². The second kappa shape index (κ2) is 9.69. The van der Waals surface area contributed by atoms with Crippen LogP contribution in [-0.2, 0) is 16.6 Å². The summed E-state index contributed by atoms with van der Waals surface area (Å²) in [5.41, 5.74) is 5.12. The monoisotopic (exact) mass is 485 g/mol. The lowest BCUT2D eigenvalue weighted by molar-refractivity contribution is 0.0955. The average Bonchev–Trinajstić information content (AvgIpc) is 2.73. The van der Waals surface area contributed by atoms with E-state index in [9.17, 15) is 13.2 Å². The zero-order valence-corrected chi connectivity index (χ0v) is 18.6. The van der Waals surface area contributed by atoms with E-state index in [0.717, 1.165) is 15.6 Å². The molecule has 0 heterocycles. The number of nitrogens with one attached hydrogen (secondary N) is 1. The third-order valence-corrected chi connectivity index (χ3v) is 5.91. The predicted octanol–water partition coefficient (Wildman–Crippen LogP) is 4.18. The van der Waals surface area contributed by atoms with Crippen LogP contribution in [0.15, 0.2) is 88.4 Å². The van der Waals surface area contributed by atoms with Crippen LogP contribution in [0.25, 0.3) is 0 Å². The summed E-state index contributed by atoms with van der Waals surface area (Å²) in [5, 5.41) is 3.96. The number of para-hydroxylation sites is 1. The van der Waals surface area contributed by atoms with Crippen molar-refractivity contribution in [3.05, 3.63) is 100 Å². The van der Waals surface area contributed by atoms with Gasteiger partial charge in [0.05, 0.1) is 24.7 Å². The number of benzene rings is 3. The summed E-state index contributed by atoms with van der Waals surface area (Å²) in [5.74, 6) is -0.349. The number of carbonyl (C=O) groups excluding carboxylic acids is 1. The summed E-state index contributed by atoms with van der Waals surface area (Å²) in [6.07, 6.45) is 2.73. The third kappa shape index (κ3) is 6.01. The minimum Gasteiger partial charge on any atom is -0.267 e. The van der Waals surface area contributed by atoms with Crippen molar-refractivity contribution in [3.63, 3.8) is 0 Å². The maximum atomic E-state index is 12.3. The summed E-state index contributed by atoms with van der Waals surface area (Å²) in [4.78, 5) is 12.3. The zero-order valence-electron chi connectivity index (χ0n) is 16.2. The lowest BCUT2D eigenvalue weighted by atomic mass is 10.1. The molecule has 3 aromatic rings. The smallest absolute Gasteiger partial charge is 0.267 e. The van der Waals surface area contributed by atoms with Gasteiger partial charge in [0.15, 0.2) is 0 Å². The number of hydrazone groups is 1. The molecule has 0 atom stereocenters. The molecule has 0 saturated heterocycles. The Hall–Kier alpha value is -2.97. The fraction of sp³-hybridized carbons (Fsp3) is 0.0909. The molecule has 1 N–H and O–H groups in total. The van der Waals surface area contributed by atoms with Gasteiger partial charge >= 0.3 is 0 Å². The van der Waals surface area contributed by atoms with Gasteiger partial charge in [-0.05, 0) is 47.5 Å².